The number of piperazine rings is 1. The van der Waals surface area contributed by atoms with Gasteiger partial charge in [-0.25, -0.2) is 0 Å². The summed E-state index contributed by atoms with van der Waals surface area (Å²) in [7, 11) is 0. The van der Waals surface area contributed by atoms with E-state index in [1.54, 1.807) is 6.92 Å². The molecular weight excluding hydrogens is 398 g/mol. The van der Waals surface area contributed by atoms with Gasteiger partial charge in [-0.3, -0.25) is 14.5 Å². The lowest BCUT2D eigenvalue weighted by atomic mass is 9.87. The molecule has 0 aromatic heterocycles. The predicted octanol–water partition coefficient (Wildman–Crippen LogP) is 3.89. The van der Waals surface area contributed by atoms with Crippen molar-refractivity contribution in [3.05, 3.63) is 71.3 Å². The topological polar surface area (TPSA) is 43.9 Å². The van der Waals surface area contributed by atoms with Crippen LogP contribution in [-0.4, -0.2) is 59.2 Å². The standard InChI is InChI=1S/C27H35N3O2/c1-3-22-9-11-24(12-10-22)26-14-13-25(20-30(26)19-23-7-5-4-6-8-23)27(32)29-17-15-28(16-18-29)21(2)31/h4-12,25-26H,3,13-20H2,1-2H3. The molecule has 2 atom stereocenters. The average molecular weight is 434 g/mol. The van der Waals surface area contributed by atoms with Gasteiger partial charge < -0.3 is 9.80 Å². The Morgan fingerprint density at radius 2 is 1.50 bits per heavy atom. The van der Waals surface area contributed by atoms with Gasteiger partial charge in [0.05, 0.1) is 5.92 Å². The number of piperidine rings is 1. The largest absolute Gasteiger partial charge is 0.339 e. The van der Waals surface area contributed by atoms with Gasteiger partial charge in [-0.2, -0.15) is 0 Å². The van der Waals surface area contributed by atoms with Crippen molar-refractivity contribution < 1.29 is 9.59 Å². The molecule has 2 amide bonds. The second-order valence-electron chi connectivity index (χ2n) is 9.13. The van der Waals surface area contributed by atoms with E-state index in [0.29, 0.717) is 32.2 Å². The highest BCUT2D eigenvalue weighted by atomic mass is 16.2. The Balaban J connectivity index is 1.48. The van der Waals surface area contributed by atoms with E-state index in [0.717, 1.165) is 32.4 Å². The van der Waals surface area contributed by atoms with Crippen LogP contribution < -0.4 is 0 Å². The molecule has 170 valence electrons. The number of rotatable bonds is 5. The van der Waals surface area contributed by atoms with Crippen molar-refractivity contribution in [3.63, 3.8) is 0 Å². The van der Waals surface area contributed by atoms with Crippen LogP contribution in [0.3, 0.4) is 0 Å². The van der Waals surface area contributed by atoms with E-state index in [2.05, 4.69) is 60.4 Å². The van der Waals surface area contributed by atoms with Gasteiger partial charge in [0.2, 0.25) is 11.8 Å². The second-order valence-corrected chi connectivity index (χ2v) is 9.13. The van der Waals surface area contributed by atoms with E-state index in [9.17, 15) is 9.59 Å². The third-order valence-corrected chi connectivity index (χ3v) is 7.07. The first kappa shape index (κ1) is 22.5. The third-order valence-electron chi connectivity index (χ3n) is 7.07. The van der Waals surface area contributed by atoms with Crippen molar-refractivity contribution in [1.82, 2.24) is 14.7 Å². The zero-order valence-electron chi connectivity index (χ0n) is 19.4. The minimum absolute atomic E-state index is 0.0220. The number of aryl methyl sites for hydroxylation is 1. The van der Waals surface area contributed by atoms with Crippen molar-refractivity contribution in [2.45, 2.75) is 45.7 Å². The molecule has 2 aromatic carbocycles. The van der Waals surface area contributed by atoms with Crippen LogP contribution in [0.1, 0.15) is 49.4 Å². The Bertz CT molecular complexity index is 904. The van der Waals surface area contributed by atoms with Crippen LogP contribution in [0.4, 0.5) is 0 Å². The first-order valence-electron chi connectivity index (χ1n) is 12.0. The summed E-state index contributed by atoms with van der Waals surface area (Å²) < 4.78 is 0. The average Bonchev–Trinajstić information content (AvgIpc) is 2.84. The first-order valence-corrected chi connectivity index (χ1v) is 12.0. The summed E-state index contributed by atoms with van der Waals surface area (Å²) in [5.41, 5.74) is 3.99. The van der Waals surface area contributed by atoms with Gasteiger partial charge in [0.25, 0.3) is 0 Å². The van der Waals surface area contributed by atoms with E-state index < -0.39 is 0 Å². The zero-order valence-corrected chi connectivity index (χ0v) is 19.4. The lowest BCUT2D eigenvalue weighted by Crippen LogP contribution is -2.53. The molecule has 5 heteroatoms. The third kappa shape index (κ3) is 5.21. The highest BCUT2D eigenvalue weighted by molar-refractivity contribution is 5.80. The maximum Gasteiger partial charge on any atom is 0.227 e. The summed E-state index contributed by atoms with van der Waals surface area (Å²) in [4.78, 5) is 31.3. The molecule has 2 aromatic rings. The highest BCUT2D eigenvalue weighted by Crippen LogP contribution is 2.35. The number of amides is 2. The van der Waals surface area contributed by atoms with Crippen molar-refractivity contribution in [2.24, 2.45) is 5.92 Å². The van der Waals surface area contributed by atoms with Gasteiger partial charge in [-0.05, 0) is 36.0 Å². The smallest absolute Gasteiger partial charge is 0.227 e. The van der Waals surface area contributed by atoms with E-state index in [1.807, 2.05) is 15.9 Å². The van der Waals surface area contributed by atoms with Gasteiger partial charge in [0.15, 0.2) is 0 Å². The van der Waals surface area contributed by atoms with E-state index in [1.165, 1.54) is 16.7 Å². The molecule has 2 aliphatic rings. The number of hydrogen-bond donors (Lipinski definition) is 0. The Morgan fingerprint density at radius 3 is 2.12 bits per heavy atom. The molecule has 2 aliphatic heterocycles. The highest BCUT2D eigenvalue weighted by Gasteiger charge is 2.35. The van der Waals surface area contributed by atoms with E-state index in [-0.39, 0.29) is 17.7 Å². The quantitative estimate of drug-likeness (QED) is 0.719. The molecule has 0 spiro atoms. The van der Waals surface area contributed by atoms with Crippen molar-refractivity contribution in [2.75, 3.05) is 32.7 Å². The summed E-state index contributed by atoms with van der Waals surface area (Å²) in [5.74, 6) is 0.375. The SMILES string of the molecule is CCc1ccc(C2CCC(C(=O)N3CCN(C(C)=O)CC3)CN2Cc2ccccc2)cc1. The molecule has 5 nitrogen and oxygen atoms in total. The molecule has 0 saturated carbocycles. The van der Waals surface area contributed by atoms with Crippen molar-refractivity contribution in [3.8, 4) is 0 Å². The summed E-state index contributed by atoms with van der Waals surface area (Å²) in [6.07, 6.45) is 2.95. The van der Waals surface area contributed by atoms with Crippen LogP contribution in [0.15, 0.2) is 54.6 Å². The molecule has 0 aliphatic carbocycles. The van der Waals surface area contributed by atoms with Gasteiger partial charge in [0.1, 0.15) is 0 Å². The molecule has 4 rings (SSSR count). The minimum atomic E-state index is 0.0220. The molecule has 2 unspecified atom stereocenters. The Hall–Kier alpha value is -2.66. The normalized spacial score (nSPS) is 22.1. The molecule has 32 heavy (non-hydrogen) atoms. The van der Waals surface area contributed by atoms with Crippen LogP contribution in [0.25, 0.3) is 0 Å². The number of nitrogens with zero attached hydrogens (tertiary/aromatic N) is 3. The summed E-state index contributed by atoms with van der Waals surface area (Å²) in [5, 5.41) is 0. The molecular formula is C27H35N3O2. The van der Waals surface area contributed by atoms with Crippen LogP contribution >= 0.6 is 0 Å². The predicted molar refractivity (Wildman–Crippen MR) is 127 cm³/mol. The number of carbonyl (C=O) groups is 2. The minimum Gasteiger partial charge on any atom is -0.339 e. The first-order chi connectivity index (χ1) is 15.5. The van der Waals surface area contributed by atoms with E-state index >= 15 is 0 Å². The summed E-state index contributed by atoms with van der Waals surface area (Å²) in [6.45, 7) is 8.01. The van der Waals surface area contributed by atoms with Crippen LogP contribution in [-0.2, 0) is 22.6 Å². The second kappa shape index (κ2) is 10.3. The summed E-state index contributed by atoms with van der Waals surface area (Å²) in [6, 6.07) is 19.9. The van der Waals surface area contributed by atoms with Crippen LogP contribution in [0.5, 0.6) is 0 Å². The molecule has 0 bridgehead atoms. The van der Waals surface area contributed by atoms with Gasteiger partial charge >= 0.3 is 0 Å². The number of hydrogen-bond acceptors (Lipinski definition) is 3. The fourth-order valence-electron chi connectivity index (χ4n) is 5.09. The van der Waals surface area contributed by atoms with Crippen LogP contribution in [0, 0.1) is 5.92 Å². The molecule has 2 fully saturated rings. The number of carbonyl (C=O) groups excluding carboxylic acids is 2. The maximum absolute atomic E-state index is 13.4. The Kier molecular flexibility index (Phi) is 7.26. The molecule has 0 N–H and O–H groups in total. The maximum atomic E-state index is 13.4. The fraction of sp³-hybridized carbons (Fsp3) is 0.481. The van der Waals surface area contributed by atoms with E-state index in [4.69, 9.17) is 0 Å². The number of benzene rings is 2. The summed E-state index contributed by atoms with van der Waals surface area (Å²) >= 11 is 0. The molecule has 2 heterocycles. The Morgan fingerprint density at radius 1 is 0.844 bits per heavy atom. The fourth-order valence-corrected chi connectivity index (χ4v) is 5.09. The number of likely N-dealkylation sites (tertiary alicyclic amines) is 1. The van der Waals surface area contributed by atoms with Gasteiger partial charge in [0, 0.05) is 52.2 Å². The van der Waals surface area contributed by atoms with Crippen molar-refractivity contribution in [1.29, 1.82) is 0 Å². The monoisotopic (exact) mass is 433 g/mol. The van der Waals surface area contributed by atoms with Crippen molar-refractivity contribution >= 4 is 11.8 Å². The molecule has 2 saturated heterocycles. The molecule has 0 radical (unpaired) electrons. The Labute approximate surface area is 192 Å². The van der Waals surface area contributed by atoms with Gasteiger partial charge in [-0.15, -0.1) is 0 Å². The van der Waals surface area contributed by atoms with Crippen LogP contribution in [0.2, 0.25) is 0 Å². The lowest BCUT2D eigenvalue weighted by molar-refractivity contribution is -0.143. The van der Waals surface area contributed by atoms with Gasteiger partial charge in [-0.1, -0.05) is 61.5 Å². The zero-order chi connectivity index (χ0) is 22.5. The lowest BCUT2D eigenvalue weighted by Gasteiger charge is -2.42.